The molecule has 0 spiro atoms. The van der Waals surface area contributed by atoms with Crippen molar-refractivity contribution in [2.24, 2.45) is 0 Å². The number of rotatable bonds is 8. The molecule has 0 saturated carbocycles. The Balaban J connectivity index is 2.55. The molecule has 19 heavy (non-hydrogen) atoms. The summed E-state index contributed by atoms with van der Waals surface area (Å²) in [6.07, 6.45) is 1.78. The minimum atomic E-state index is -3.39. The Labute approximate surface area is 118 Å². The van der Waals surface area contributed by atoms with Crippen molar-refractivity contribution in [2.75, 3.05) is 18.1 Å². The van der Waals surface area contributed by atoms with E-state index in [1.54, 1.807) is 42.1 Å². The van der Waals surface area contributed by atoms with Gasteiger partial charge in [0.05, 0.1) is 17.4 Å². The molecule has 0 atom stereocenters. The van der Waals surface area contributed by atoms with Crippen LogP contribution in [0, 0.1) is 11.3 Å². The van der Waals surface area contributed by atoms with E-state index in [0.717, 1.165) is 5.75 Å². The van der Waals surface area contributed by atoms with Crippen molar-refractivity contribution in [1.82, 2.24) is 4.72 Å². The molecular formula is C13H16N2O2S2. The van der Waals surface area contributed by atoms with Crippen LogP contribution in [-0.2, 0) is 15.8 Å². The highest BCUT2D eigenvalue weighted by atomic mass is 32.2. The van der Waals surface area contributed by atoms with Gasteiger partial charge < -0.3 is 0 Å². The molecule has 0 bridgehead atoms. The lowest BCUT2D eigenvalue weighted by Crippen LogP contribution is -2.27. The van der Waals surface area contributed by atoms with Gasteiger partial charge in [-0.15, -0.1) is 6.58 Å². The maximum atomic E-state index is 11.9. The number of nitrogens with one attached hydrogen (secondary N) is 1. The van der Waals surface area contributed by atoms with E-state index in [0.29, 0.717) is 23.4 Å². The third-order valence-corrected chi connectivity index (χ3v) is 4.59. The van der Waals surface area contributed by atoms with Crippen molar-refractivity contribution in [2.45, 2.75) is 5.75 Å². The predicted octanol–water partition coefficient (Wildman–Crippen LogP) is 1.90. The molecule has 4 nitrogen and oxygen atoms in total. The first kappa shape index (κ1) is 15.8. The molecule has 0 unspecified atom stereocenters. The summed E-state index contributed by atoms with van der Waals surface area (Å²) in [5, 5.41) is 8.91. The van der Waals surface area contributed by atoms with Gasteiger partial charge in [-0.05, 0) is 11.6 Å². The number of hydrogen-bond acceptors (Lipinski definition) is 4. The van der Waals surface area contributed by atoms with Crippen LogP contribution in [0.3, 0.4) is 0 Å². The van der Waals surface area contributed by atoms with Gasteiger partial charge in [-0.3, -0.25) is 0 Å². The second kappa shape index (κ2) is 8.00. The Kier molecular flexibility index (Phi) is 6.64. The average Bonchev–Trinajstić information content (AvgIpc) is 2.38. The number of benzene rings is 1. The Morgan fingerprint density at radius 3 is 2.84 bits per heavy atom. The van der Waals surface area contributed by atoms with E-state index in [-0.39, 0.29) is 5.75 Å². The average molecular weight is 296 g/mol. The van der Waals surface area contributed by atoms with Crippen LogP contribution in [0.15, 0.2) is 36.9 Å². The maximum absolute atomic E-state index is 11.9. The predicted molar refractivity (Wildman–Crippen MR) is 79.3 cm³/mol. The molecule has 0 fully saturated rings. The monoisotopic (exact) mass is 296 g/mol. The van der Waals surface area contributed by atoms with Crippen molar-refractivity contribution in [3.05, 3.63) is 48.0 Å². The first-order valence-corrected chi connectivity index (χ1v) is 8.54. The number of nitriles is 1. The molecule has 0 amide bonds. The molecule has 0 aliphatic heterocycles. The van der Waals surface area contributed by atoms with Crippen molar-refractivity contribution < 1.29 is 8.42 Å². The molecule has 0 aliphatic rings. The fraction of sp³-hybridized carbons (Fsp3) is 0.308. The SMILES string of the molecule is C=CCSCCNS(=O)(=O)Cc1ccccc1C#N. The summed E-state index contributed by atoms with van der Waals surface area (Å²) in [4.78, 5) is 0. The Bertz CT molecular complexity index is 562. The van der Waals surface area contributed by atoms with Gasteiger partial charge in [0.15, 0.2) is 0 Å². The van der Waals surface area contributed by atoms with Crippen LogP contribution >= 0.6 is 11.8 Å². The first-order chi connectivity index (χ1) is 9.09. The third kappa shape index (κ3) is 5.92. The Morgan fingerprint density at radius 2 is 2.16 bits per heavy atom. The van der Waals surface area contributed by atoms with Crippen LogP contribution in [0.1, 0.15) is 11.1 Å². The van der Waals surface area contributed by atoms with E-state index < -0.39 is 10.0 Å². The van der Waals surface area contributed by atoms with Crippen molar-refractivity contribution in [1.29, 1.82) is 5.26 Å². The van der Waals surface area contributed by atoms with Crippen molar-refractivity contribution in [3.8, 4) is 6.07 Å². The van der Waals surface area contributed by atoms with Gasteiger partial charge in [0.25, 0.3) is 0 Å². The third-order valence-electron chi connectivity index (χ3n) is 2.29. The smallest absolute Gasteiger partial charge is 0.214 e. The Hall–Kier alpha value is -1.29. The topological polar surface area (TPSA) is 70.0 Å². The molecule has 1 N–H and O–H groups in total. The van der Waals surface area contributed by atoms with Crippen LogP contribution in [0.25, 0.3) is 0 Å². The molecular weight excluding hydrogens is 280 g/mol. The summed E-state index contributed by atoms with van der Waals surface area (Å²) in [5.74, 6) is 1.34. The van der Waals surface area contributed by atoms with Crippen LogP contribution < -0.4 is 4.72 Å². The number of nitrogens with zero attached hydrogens (tertiary/aromatic N) is 1. The highest BCUT2D eigenvalue weighted by Crippen LogP contribution is 2.10. The lowest BCUT2D eigenvalue weighted by molar-refractivity contribution is 0.583. The molecule has 0 heterocycles. The van der Waals surface area contributed by atoms with Gasteiger partial charge >= 0.3 is 0 Å². The molecule has 102 valence electrons. The van der Waals surface area contributed by atoms with E-state index in [9.17, 15) is 8.42 Å². The van der Waals surface area contributed by atoms with Crippen LogP contribution in [0.5, 0.6) is 0 Å². The van der Waals surface area contributed by atoms with Crippen LogP contribution in [0.4, 0.5) is 0 Å². The zero-order chi connectivity index (χ0) is 14.1. The summed E-state index contributed by atoms with van der Waals surface area (Å²) in [7, 11) is -3.39. The fourth-order valence-corrected chi connectivity index (χ4v) is 3.33. The number of thioether (sulfide) groups is 1. The fourth-order valence-electron chi connectivity index (χ4n) is 1.45. The zero-order valence-corrected chi connectivity index (χ0v) is 12.1. The van der Waals surface area contributed by atoms with Gasteiger partial charge in [-0.1, -0.05) is 24.3 Å². The summed E-state index contributed by atoms with van der Waals surface area (Å²) < 4.78 is 26.2. The largest absolute Gasteiger partial charge is 0.215 e. The molecule has 0 aromatic heterocycles. The second-order valence-corrected chi connectivity index (χ2v) is 6.74. The van der Waals surface area contributed by atoms with Gasteiger partial charge in [0, 0.05) is 18.1 Å². The molecule has 1 aromatic rings. The summed E-state index contributed by atoms with van der Waals surface area (Å²) in [6, 6.07) is 8.71. The minimum Gasteiger partial charge on any atom is -0.214 e. The van der Waals surface area contributed by atoms with E-state index in [4.69, 9.17) is 5.26 Å². The van der Waals surface area contributed by atoms with E-state index in [2.05, 4.69) is 11.3 Å². The van der Waals surface area contributed by atoms with E-state index >= 15 is 0 Å². The molecule has 1 aromatic carbocycles. The number of hydrogen-bond donors (Lipinski definition) is 1. The molecule has 6 heteroatoms. The normalized spacial score (nSPS) is 10.9. The number of sulfonamides is 1. The molecule has 0 saturated heterocycles. The second-order valence-electron chi connectivity index (χ2n) is 3.79. The summed E-state index contributed by atoms with van der Waals surface area (Å²) in [5.41, 5.74) is 0.921. The van der Waals surface area contributed by atoms with Gasteiger partial charge in [-0.25, -0.2) is 13.1 Å². The minimum absolute atomic E-state index is 0.164. The quantitative estimate of drug-likeness (QED) is 0.587. The molecule has 0 radical (unpaired) electrons. The van der Waals surface area contributed by atoms with Crippen molar-refractivity contribution >= 4 is 21.8 Å². The summed E-state index contributed by atoms with van der Waals surface area (Å²) in [6.45, 7) is 3.98. The van der Waals surface area contributed by atoms with Gasteiger partial charge in [-0.2, -0.15) is 17.0 Å². The highest BCUT2D eigenvalue weighted by Gasteiger charge is 2.13. The lowest BCUT2D eigenvalue weighted by Gasteiger charge is -2.07. The zero-order valence-electron chi connectivity index (χ0n) is 10.5. The van der Waals surface area contributed by atoms with Gasteiger partial charge in [0.2, 0.25) is 10.0 Å². The van der Waals surface area contributed by atoms with Crippen LogP contribution in [0.2, 0.25) is 0 Å². The van der Waals surface area contributed by atoms with Crippen molar-refractivity contribution in [3.63, 3.8) is 0 Å². The van der Waals surface area contributed by atoms with Gasteiger partial charge in [0.1, 0.15) is 0 Å². The summed E-state index contributed by atoms with van der Waals surface area (Å²) >= 11 is 1.61. The standard InChI is InChI=1S/C13H16N2O2S2/c1-2-8-18-9-7-15-19(16,17)11-13-6-4-3-5-12(13)10-14/h2-6,15H,1,7-9,11H2. The molecule has 0 aliphatic carbocycles. The van der Waals surface area contributed by atoms with E-state index in [1.165, 1.54) is 0 Å². The Morgan fingerprint density at radius 1 is 1.42 bits per heavy atom. The first-order valence-electron chi connectivity index (χ1n) is 5.73. The lowest BCUT2D eigenvalue weighted by atomic mass is 10.1. The highest BCUT2D eigenvalue weighted by molar-refractivity contribution is 7.99. The molecule has 1 rings (SSSR count). The maximum Gasteiger partial charge on any atom is 0.215 e. The van der Waals surface area contributed by atoms with E-state index in [1.807, 2.05) is 6.07 Å². The van der Waals surface area contributed by atoms with Crippen LogP contribution in [-0.4, -0.2) is 26.5 Å².